The number of carbonyl (C=O) groups excluding carboxylic acids is 1. The molecule has 0 bridgehead atoms. The van der Waals surface area contributed by atoms with Gasteiger partial charge >= 0.3 is 5.97 Å². The Morgan fingerprint density at radius 1 is 1.35 bits per heavy atom. The van der Waals surface area contributed by atoms with E-state index in [1.807, 2.05) is 13.0 Å². The minimum Gasteiger partial charge on any atom is -0.465 e. The molecule has 0 atom stereocenters. The summed E-state index contributed by atoms with van der Waals surface area (Å²) in [6.45, 7) is 4.50. The molecule has 1 aromatic carbocycles. The smallest absolute Gasteiger partial charge is 0.320 e. The van der Waals surface area contributed by atoms with Crippen molar-refractivity contribution in [3.05, 3.63) is 35.4 Å². The molecule has 94 valence electrons. The lowest BCUT2D eigenvalue weighted by Gasteiger charge is -2.27. The summed E-state index contributed by atoms with van der Waals surface area (Å²) in [4.78, 5) is 13.5. The van der Waals surface area contributed by atoms with E-state index in [1.165, 1.54) is 11.1 Å². The quantitative estimate of drug-likeness (QED) is 0.774. The van der Waals surface area contributed by atoms with Crippen molar-refractivity contribution in [1.29, 1.82) is 0 Å². The Kier molecular flexibility index (Phi) is 5.45. The van der Waals surface area contributed by atoms with Crippen molar-refractivity contribution in [2.75, 3.05) is 19.7 Å². The molecule has 1 aliphatic heterocycles. The fourth-order valence-corrected chi connectivity index (χ4v) is 2.08. The molecule has 2 rings (SSSR count). The van der Waals surface area contributed by atoms with Gasteiger partial charge in [0.2, 0.25) is 0 Å². The average Bonchev–Trinajstić information content (AvgIpc) is 2.29. The van der Waals surface area contributed by atoms with Crippen LogP contribution in [0.3, 0.4) is 0 Å². The van der Waals surface area contributed by atoms with E-state index in [0.717, 1.165) is 19.5 Å². The lowest BCUT2D eigenvalue weighted by molar-refractivity contribution is -0.144. The number of esters is 1. The van der Waals surface area contributed by atoms with Crippen LogP contribution < -0.4 is 0 Å². The molecule has 1 heterocycles. The van der Waals surface area contributed by atoms with Crippen molar-refractivity contribution < 1.29 is 9.53 Å². The van der Waals surface area contributed by atoms with Gasteiger partial charge in [-0.3, -0.25) is 9.69 Å². The first kappa shape index (κ1) is 14.0. The third kappa shape index (κ3) is 3.72. The average molecular weight is 256 g/mol. The van der Waals surface area contributed by atoms with Gasteiger partial charge in [-0.2, -0.15) is 0 Å². The van der Waals surface area contributed by atoms with E-state index in [1.54, 1.807) is 0 Å². The van der Waals surface area contributed by atoms with Crippen LogP contribution in [0.5, 0.6) is 0 Å². The molecule has 1 aromatic rings. The van der Waals surface area contributed by atoms with Crippen molar-refractivity contribution in [1.82, 2.24) is 4.90 Å². The van der Waals surface area contributed by atoms with E-state index in [0.29, 0.717) is 13.2 Å². The molecule has 0 amide bonds. The van der Waals surface area contributed by atoms with Gasteiger partial charge in [0.05, 0.1) is 13.2 Å². The third-order valence-corrected chi connectivity index (χ3v) is 2.87. The second-order valence-electron chi connectivity index (χ2n) is 4.03. The predicted octanol–water partition coefficient (Wildman–Crippen LogP) is 2.03. The largest absolute Gasteiger partial charge is 0.465 e. The number of rotatable bonds is 3. The van der Waals surface area contributed by atoms with Crippen LogP contribution in [0.2, 0.25) is 0 Å². The van der Waals surface area contributed by atoms with Crippen molar-refractivity contribution in [2.45, 2.75) is 19.9 Å². The molecule has 17 heavy (non-hydrogen) atoms. The van der Waals surface area contributed by atoms with Crippen LogP contribution in [0.1, 0.15) is 18.1 Å². The highest BCUT2D eigenvalue weighted by Gasteiger charge is 2.18. The monoisotopic (exact) mass is 255 g/mol. The van der Waals surface area contributed by atoms with Crippen LogP contribution in [0.25, 0.3) is 0 Å². The second-order valence-corrected chi connectivity index (χ2v) is 4.03. The Hall–Kier alpha value is -1.06. The highest BCUT2D eigenvalue weighted by Crippen LogP contribution is 2.17. The van der Waals surface area contributed by atoms with Gasteiger partial charge in [-0.25, -0.2) is 0 Å². The van der Waals surface area contributed by atoms with Gasteiger partial charge in [0.1, 0.15) is 0 Å². The molecule has 0 saturated heterocycles. The number of halogens is 1. The Morgan fingerprint density at radius 2 is 2.06 bits per heavy atom. The summed E-state index contributed by atoms with van der Waals surface area (Å²) < 4.78 is 4.95. The summed E-state index contributed by atoms with van der Waals surface area (Å²) in [5.74, 6) is -0.123. The zero-order valence-electron chi connectivity index (χ0n) is 10.0. The van der Waals surface area contributed by atoms with Gasteiger partial charge in [0.25, 0.3) is 0 Å². The van der Waals surface area contributed by atoms with Gasteiger partial charge in [0, 0.05) is 13.1 Å². The Bertz CT molecular complexity index is 381. The standard InChI is InChI=1S/C13H17NO2.ClH/c1-2-16-13(15)10-14-8-7-11-5-3-4-6-12(11)9-14;/h3-6H,2,7-10H2,1H3;1H. The predicted molar refractivity (Wildman–Crippen MR) is 69.3 cm³/mol. The highest BCUT2D eigenvalue weighted by molar-refractivity contribution is 5.85. The van der Waals surface area contributed by atoms with E-state index in [2.05, 4.69) is 23.1 Å². The van der Waals surface area contributed by atoms with Crippen LogP contribution >= 0.6 is 12.4 Å². The van der Waals surface area contributed by atoms with E-state index in [9.17, 15) is 4.79 Å². The van der Waals surface area contributed by atoms with Gasteiger partial charge in [-0.1, -0.05) is 24.3 Å². The summed E-state index contributed by atoms with van der Waals surface area (Å²) in [5.41, 5.74) is 2.74. The molecular formula is C13H18ClNO2. The minimum atomic E-state index is -0.123. The number of benzene rings is 1. The van der Waals surface area contributed by atoms with Crippen LogP contribution in [-0.2, 0) is 22.5 Å². The SMILES string of the molecule is CCOC(=O)CN1CCc2ccccc2C1.Cl. The summed E-state index contributed by atoms with van der Waals surface area (Å²) >= 11 is 0. The molecule has 0 N–H and O–H groups in total. The van der Waals surface area contributed by atoms with Gasteiger partial charge in [-0.05, 0) is 24.5 Å². The molecule has 0 fully saturated rings. The lowest BCUT2D eigenvalue weighted by atomic mass is 10.0. The number of carbonyl (C=O) groups is 1. The number of nitrogens with zero attached hydrogens (tertiary/aromatic N) is 1. The van der Waals surface area contributed by atoms with Crippen LogP contribution in [0, 0.1) is 0 Å². The molecule has 0 saturated carbocycles. The maximum atomic E-state index is 11.4. The number of ether oxygens (including phenoxy) is 1. The van der Waals surface area contributed by atoms with Crippen LogP contribution in [0.4, 0.5) is 0 Å². The van der Waals surface area contributed by atoms with Crippen molar-refractivity contribution in [2.24, 2.45) is 0 Å². The Labute approximate surface area is 108 Å². The summed E-state index contributed by atoms with van der Waals surface area (Å²) in [7, 11) is 0. The van der Waals surface area contributed by atoms with Crippen molar-refractivity contribution >= 4 is 18.4 Å². The van der Waals surface area contributed by atoms with E-state index < -0.39 is 0 Å². The second kappa shape index (κ2) is 6.62. The fraction of sp³-hybridized carbons (Fsp3) is 0.462. The minimum absolute atomic E-state index is 0. The number of fused-ring (bicyclic) bond motifs is 1. The Morgan fingerprint density at radius 3 is 2.76 bits per heavy atom. The maximum absolute atomic E-state index is 11.4. The summed E-state index contributed by atoms with van der Waals surface area (Å²) in [6.07, 6.45) is 1.02. The molecule has 3 nitrogen and oxygen atoms in total. The molecule has 0 radical (unpaired) electrons. The van der Waals surface area contributed by atoms with Gasteiger partial charge in [-0.15, -0.1) is 12.4 Å². The zero-order valence-corrected chi connectivity index (χ0v) is 10.8. The van der Waals surface area contributed by atoms with E-state index in [-0.39, 0.29) is 18.4 Å². The third-order valence-electron chi connectivity index (χ3n) is 2.87. The van der Waals surface area contributed by atoms with Crippen molar-refractivity contribution in [3.8, 4) is 0 Å². The first-order valence-corrected chi connectivity index (χ1v) is 5.74. The fourth-order valence-electron chi connectivity index (χ4n) is 2.08. The molecular weight excluding hydrogens is 238 g/mol. The highest BCUT2D eigenvalue weighted by atomic mass is 35.5. The number of hydrogen-bond donors (Lipinski definition) is 0. The maximum Gasteiger partial charge on any atom is 0.320 e. The normalized spacial score (nSPS) is 14.6. The van der Waals surface area contributed by atoms with Crippen LogP contribution in [0.15, 0.2) is 24.3 Å². The number of hydrogen-bond acceptors (Lipinski definition) is 3. The van der Waals surface area contributed by atoms with E-state index >= 15 is 0 Å². The molecule has 0 unspecified atom stereocenters. The summed E-state index contributed by atoms with van der Waals surface area (Å²) in [5, 5.41) is 0. The first-order valence-electron chi connectivity index (χ1n) is 5.74. The molecule has 4 heteroatoms. The lowest BCUT2D eigenvalue weighted by Crippen LogP contribution is -2.35. The van der Waals surface area contributed by atoms with E-state index in [4.69, 9.17) is 4.74 Å². The molecule has 0 aliphatic carbocycles. The molecule has 0 spiro atoms. The van der Waals surface area contributed by atoms with Crippen LogP contribution in [-0.4, -0.2) is 30.6 Å². The van der Waals surface area contributed by atoms with Crippen molar-refractivity contribution in [3.63, 3.8) is 0 Å². The molecule has 1 aliphatic rings. The zero-order chi connectivity index (χ0) is 11.4. The molecule has 0 aromatic heterocycles. The topological polar surface area (TPSA) is 29.5 Å². The first-order chi connectivity index (χ1) is 7.79. The van der Waals surface area contributed by atoms with Gasteiger partial charge < -0.3 is 4.74 Å². The Balaban J connectivity index is 0.00000144. The summed E-state index contributed by atoms with van der Waals surface area (Å²) in [6, 6.07) is 8.41. The van der Waals surface area contributed by atoms with Gasteiger partial charge in [0.15, 0.2) is 0 Å².